The Kier molecular flexibility index (Phi) is 5.90. The van der Waals surface area contributed by atoms with E-state index in [2.05, 4.69) is 22.6 Å². The molecular weight excluding hydrogens is 332 g/mol. The maximum Gasteiger partial charge on any atom is 0.257 e. The minimum absolute atomic E-state index is 0.141. The Morgan fingerprint density at radius 1 is 1.08 bits per heavy atom. The van der Waals surface area contributed by atoms with E-state index in [4.69, 9.17) is 4.52 Å². The van der Waals surface area contributed by atoms with E-state index < -0.39 is 0 Å². The number of benzene rings is 2. The third-order valence-electron chi connectivity index (χ3n) is 3.78. The first-order valence-electron chi connectivity index (χ1n) is 8.17. The second-order valence-electron chi connectivity index (χ2n) is 5.62. The van der Waals surface area contributed by atoms with Gasteiger partial charge in [-0.15, -0.1) is 0 Å². The molecule has 0 saturated heterocycles. The molecule has 5 heteroatoms. The van der Waals surface area contributed by atoms with Gasteiger partial charge in [-0.05, 0) is 12.5 Å². The number of aryl methyl sites for hydroxylation is 1. The average Bonchev–Trinajstić information content (AvgIpc) is 3.04. The number of carbonyl (C=O) groups is 1. The summed E-state index contributed by atoms with van der Waals surface area (Å²) in [5.74, 6) is 2.19. The van der Waals surface area contributed by atoms with E-state index >= 15 is 0 Å². The standard InChI is InChI=1S/C20H20N2O2S/c1-15-18(19(22-24-15)17-10-6-3-7-11-17)20(23)21-12-13-25-14-16-8-4-2-5-9-16/h2-11H,12-14H2,1H3,(H,21,23). The van der Waals surface area contributed by atoms with Crippen LogP contribution in [0.15, 0.2) is 65.2 Å². The number of hydrogen-bond acceptors (Lipinski definition) is 4. The smallest absolute Gasteiger partial charge is 0.257 e. The fraction of sp³-hybridized carbons (Fsp3) is 0.200. The highest BCUT2D eigenvalue weighted by Gasteiger charge is 2.20. The van der Waals surface area contributed by atoms with E-state index in [0.29, 0.717) is 23.6 Å². The molecule has 1 amide bonds. The highest BCUT2D eigenvalue weighted by molar-refractivity contribution is 7.98. The predicted octanol–water partition coefficient (Wildman–Crippen LogP) is 4.31. The van der Waals surface area contributed by atoms with Crippen LogP contribution in [0.25, 0.3) is 11.3 Å². The van der Waals surface area contributed by atoms with Gasteiger partial charge in [-0.25, -0.2) is 0 Å². The Morgan fingerprint density at radius 2 is 1.76 bits per heavy atom. The SMILES string of the molecule is Cc1onc(-c2ccccc2)c1C(=O)NCCSCc1ccccc1. The van der Waals surface area contributed by atoms with Crippen LogP contribution < -0.4 is 5.32 Å². The van der Waals surface area contributed by atoms with Crippen molar-refractivity contribution in [3.8, 4) is 11.3 Å². The number of nitrogens with one attached hydrogen (secondary N) is 1. The van der Waals surface area contributed by atoms with Crippen molar-refractivity contribution >= 4 is 17.7 Å². The topological polar surface area (TPSA) is 55.1 Å². The number of nitrogens with zero attached hydrogens (tertiary/aromatic N) is 1. The molecule has 1 heterocycles. The summed E-state index contributed by atoms with van der Waals surface area (Å²) < 4.78 is 5.24. The largest absolute Gasteiger partial charge is 0.360 e. The molecule has 0 spiro atoms. The van der Waals surface area contributed by atoms with E-state index in [0.717, 1.165) is 17.1 Å². The van der Waals surface area contributed by atoms with Crippen LogP contribution in [0.5, 0.6) is 0 Å². The van der Waals surface area contributed by atoms with Gasteiger partial charge in [-0.2, -0.15) is 11.8 Å². The first-order chi connectivity index (χ1) is 12.3. The Labute approximate surface area is 151 Å². The number of hydrogen-bond donors (Lipinski definition) is 1. The molecule has 1 N–H and O–H groups in total. The van der Waals surface area contributed by atoms with Gasteiger partial charge in [0.2, 0.25) is 0 Å². The lowest BCUT2D eigenvalue weighted by molar-refractivity contribution is 0.0955. The van der Waals surface area contributed by atoms with Crippen molar-refractivity contribution in [2.24, 2.45) is 0 Å². The molecule has 0 radical (unpaired) electrons. The Morgan fingerprint density at radius 3 is 2.48 bits per heavy atom. The molecule has 1 aromatic heterocycles. The van der Waals surface area contributed by atoms with E-state index in [1.807, 2.05) is 48.5 Å². The molecular formula is C20H20N2O2S. The van der Waals surface area contributed by atoms with Crippen LogP contribution in [0, 0.1) is 6.92 Å². The van der Waals surface area contributed by atoms with Crippen LogP contribution >= 0.6 is 11.8 Å². The molecule has 0 atom stereocenters. The molecule has 0 aliphatic carbocycles. The van der Waals surface area contributed by atoms with E-state index in [1.165, 1.54) is 5.56 Å². The van der Waals surface area contributed by atoms with Crippen LogP contribution in [-0.2, 0) is 5.75 Å². The Bertz CT molecular complexity index is 816. The Hall–Kier alpha value is -2.53. The zero-order valence-electron chi connectivity index (χ0n) is 14.1. The predicted molar refractivity (Wildman–Crippen MR) is 102 cm³/mol. The van der Waals surface area contributed by atoms with Crippen molar-refractivity contribution in [3.63, 3.8) is 0 Å². The van der Waals surface area contributed by atoms with Crippen molar-refractivity contribution in [1.82, 2.24) is 10.5 Å². The maximum atomic E-state index is 12.5. The normalized spacial score (nSPS) is 10.6. The molecule has 0 bridgehead atoms. The first-order valence-corrected chi connectivity index (χ1v) is 9.32. The molecule has 3 rings (SSSR count). The monoisotopic (exact) mass is 352 g/mol. The van der Waals surface area contributed by atoms with Gasteiger partial charge in [0.05, 0.1) is 0 Å². The molecule has 3 aromatic rings. The summed E-state index contributed by atoms with van der Waals surface area (Å²) in [5.41, 5.74) is 3.27. The van der Waals surface area contributed by atoms with Gasteiger partial charge in [-0.1, -0.05) is 65.8 Å². The van der Waals surface area contributed by atoms with Crippen molar-refractivity contribution < 1.29 is 9.32 Å². The molecule has 4 nitrogen and oxygen atoms in total. The second kappa shape index (κ2) is 8.53. The average molecular weight is 352 g/mol. The maximum absolute atomic E-state index is 12.5. The quantitative estimate of drug-likeness (QED) is 0.644. The third-order valence-corrected chi connectivity index (χ3v) is 4.81. The van der Waals surface area contributed by atoms with E-state index in [1.54, 1.807) is 18.7 Å². The summed E-state index contributed by atoms with van der Waals surface area (Å²) in [4.78, 5) is 12.5. The number of amides is 1. The molecule has 0 aliphatic rings. The van der Waals surface area contributed by atoms with Crippen LogP contribution in [0.3, 0.4) is 0 Å². The fourth-order valence-electron chi connectivity index (χ4n) is 2.52. The fourth-order valence-corrected chi connectivity index (χ4v) is 3.34. The highest BCUT2D eigenvalue weighted by Crippen LogP contribution is 2.24. The first kappa shape index (κ1) is 17.3. The molecule has 128 valence electrons. The zero-order valence-corrected chi connectivity index (χ0v) is 14.9. The summed E-state index contributed by atoms with van der Waals surface area (Å²) in [7, 11) is 0. The van der Waals surface area contributed by atoms with Gasteiger partial charge < -0.3 is 9.84 Å². The molecule has 0 unspecified atom stereocenters. The molecule has 2 aromatic carbocycles. The summed E-state index contributed by atoms with van der Waals surface area (Å²) in [5, 5.41) is 7.01. The number of rotatable bonds is 7. The molecule has 0 saturated carbocycles. The van der Waals surface area contributed by atoms with Crippen LogP contribution in [-0.4, -0.2) is 23.4 Å². The van der Waals surface area contributed by atoms with Crippen molar-refractivity contribution in [3.05, 3.63) is 77.6 Å². The number of carbonyl (C=O) groups excluding carboxylic acids is 1. The number of aromatic nitrogens is 1. The van der Waals surface area contributed by atoms with Gasteiger partial charge in [0.15, 0.2) is 0 Å². The summed E-state index contributed by atoms with van der Waals surface area (Å²) in [6.45, 7) is 2.37. The van der Waals surface area contributed by atoms with Crippen LogP contribution in [0.1, 0.15) is 21.7 Å². The third kappa shape index (κ3) is 4.51. The summed E-state index contributed by atoms with van der Waals surface area (Å²) in [6, 6.07) is 19.9. The van der Waals surface area contributed by atoms with Gasteiger partial charge in [-0.3, -0.25) is 4.79 Å². The lowest BCUT2D eigenvalue weighted by Crippen LogP contribution is -2.26. The van der Waals surface area contributed by atoms with Crippen molar-refractivity contribution in [2.45, 2.75) is 12.7 Å². The summed E-state index contributed by atoms with van der Waals surface area (Å²) >= 11 is 1.80. The van der Waals surface area contributed by atoms with Crippen molar-refractivity contribution in [1.29, 1.82) is 0 Å². The highest BCUT2D eigenvalue weighted by atomic mass is 32.2. The Balaban J connectivity index is 1.54. The number of thioether (sulfide) groups is 1. The van der Waals surface area contributed by atoms with Crippen LogP contribution in [0.4, 0.5) is 0 Å². The van der Waals surface area contributed by atoms with Gasteiger partial charge in [0.1, 0.15) is 17.0 Å². The minimum Gasteiger partial charge on any atom is -0.360 e. The zero-order chi connectivity index (χ0) is 17.5. The lowest BCUT2D eigenvalue weighted by atomic mass is 10.1. The second-order valence-corrected chi connectivity index (χ2v) is 6.73. The van der Waals surface area contributed by atoms with Gasteiger partial charge in [0, 0.05) is 23.6 Å². The van der Waals surface area contributed by atoms with Gasteiger partial charge in [0.25, 0.3) is 5.91 Å². The van der Waals surface area contributed by atoms with Crippen molar-refractivity contribution in [2.75, 3.05) is 12.3 Å². The molecule has 25 heavy (non-hydrogen) atoms. The minimum atomic E-state index is -0.141. The van der Waals surface area contributed by atoms with E-state index in [-0.39, 0.29) is 5.91 Å². The summed E-state index contributed by atoms with van der Waals surface area (Å²) in [6.07, 6.45) is 0. The molecule has 0 aliphatic heterocycles. The lowest BCUT2D eigenvalue weighted by Gasteiger charge is -2.06. The van der Waals surface area contributed by atoms with Crippen LogP contribution in [0.2, 0.25) is 0 Å². The van der Waals surface area contributed by atoms with Gasteiger partial charge >= 0.3 is 0 Å². The van der Waals surface area contributed by atoms with E-state index in [9.17, 15) is 4.79 Å². The molecule has 0 fully saturated rings.